The summed E-state index contributed by atoms with van der Waals surface area (Å²) in [5.41, 5.74) is 1.90. The number of carbonyl (C=O) groups excluding carboxylic acids is 1. The third-order valence-electron chi connectivity index (χ3n) is 5.06. The molecule has 2 saturated heterocycles. The number of hydrogen-bond donors (Lipinski definition) is 2. The highest BCUT2D eigenvalue weighted by Crippen LogP contribution is 2.32. The normalized spacial score (nSPS) is 23.6. The van der Waals surface area contributed by atoms with Gasteiger partial charge in [0.25, 0.3) is 0 Å². The summed E-state index contributed by atoms with van der Waals surface area (Å²) < 4.78 is 1.83. The second kappa shape index (κ2) is 9.35. The van der Waals surface area contributed by atoms with E-state index in [4.69, 9.17) is 0 Å². The molecule has 2 fully saturated rings. The molecule has 6 nitrogen and oxygen atoms in total. The summed E-state index contributed by atoms with van der Waals surface area (Å²) in [5.74, 6) is 0.611. The summed E-state index contributed by atoms with van der Waals surface area (Å²) in [4.78, 5) is 16.3. The summed E-state index contributed by atoms with van der Waals surface area (Å²) in [6.07, 6.45) is 12.5. The predicted molar refractivity (Wildman–Crippen MR) is 106 cm³/mol. The van der Waals surface area contributed by atoms with Crippen molar-refractivity contribution in [1.82, 2.24) is 20.1 Å². The molecule has 2 aromatic rings. The van der Waals surface area contributed by atoms with Gasteiger partial charge in [0.1, 0.15) is 0 Å². The lowest BCUT2D eigenvalue weighted by Gasteiger charge is -2.28. The number of nitrogens with zero attached hydrogens (tertiary/aromatic N) is 3. The SMILES string of the molecule is Cl.Cl.O=C(CC1CC2CCC(C1)N2)Nc1cnn(Cc2ccncc2)c1. The van der Waals surface area contributed by atoms with Crippen molar-refractivity contribution in [3.63, 3.8) is 0 Å². The molecule has 2 unspecified atom stereocenters. The molecule has 142 valence electrons. The number of nitrogens with one attached hydrogen (secondary N) is 2. The van der Waals surface area contributed by atoms with Gasteiger partial charge in [0.15, 0.2) is 0 Å². The molecule has 2 aliphatic heterocycles. The average molecular weight is 398 g/mol. The van der Waals surface area contributed by atoms with Gasteiger partial charge >= 0.3 is 0 Å². The molecule has 4 rings (SSSR count). The van der Waals surface area contributed by atoms with Crippen molar-refractivity contribution in [3.8, 4) is 0 Å². The summed E-state index contributed by atoms with van der Waals surface area (Å²) in [5, 5.41) is 10.9. The van der Waals surface area contributed by atoms with Crippen molar-refractivity contribution in [2.24, 2.45) is 5.92 Å². The van der Waals surface area contributed by atoms with Gasteiger partial charge in [-0.3, -0.25) is 14.5 Å². The van der Waals surface area contributed by atoms with Crippen LogP contribution in [0.15, 0.2) is 36.9 Å². The van der Waals surface area contributed by atoms with Gasteiger partial charge in [-0.15, -0.1) is 24.8 Å². The Morgan fingerprint density at radius 2 is 1.88 bits per heavy atom. The summed E-state index contributed by atoms with van der Waals surface area (Å²) in [6.45, 7) is 0.677. The van der Waals surface area contributed by atoms with Crippen LogP contribution < -0.4 is 10.6 Å². The Hall–Kier alpha value is -1.63. The fraction of sp³-hybridized carbons (Fsp3) is 0.500. The van der Waals surface area contributed by atoms with Crippen LogP contribution in [0.3, 0.4) is 0 Å². The molecule has 8 heteroatoms. The fourth-order valence-corrected chi connectivity index (χ4v) is 4.01. The molecule has 2 aromatic heterocycles. The lowest BCUT2D eigenvalue weighted by molar-refractivity contribution is -0.117. The van der Waals surface area contributed by atoms with E-state index in [1.807, 2.05) is 23.0 Å². The Kier molecular flexibility index (Phi) is 7.43. The van der Waals surface area contributed by atoms with Crippen molar-refractivity contribution in [2.75, 3.05) is 5.32 Å². The van der Waals surface area contributed by atoms with Crippen molar-refractivity contribution in [3.05, 3.63) is 42.5 Å². The Morgan fingerprint density at radius 3 is 2.58 bits per heavy atom. The van der Waals surface area contributed by atoms with Crippen LogP contribution in [0, 0.1) is 5.92 Å². The van der Waals surface area contributed by atoms with Gasteiger partial charge < -0.3 is 10.6 Å². The number of anilines is 1. The lowest BCUT2D eigenvalue weighted by atomic mass is 9.89. The highest BCUT2D eigenvalue weighted by Gasteiger charge is 2.34. The van der Waals surface area contributed by atoms with Gasteiger partial charge in [-0.05, 0) is 49.3 Å². The third-order valence-corrected chi connectivity index (χ3v) is 5.06. The molecule has 2 N–H and O–H groups in total. The maximum atomic E-state index is 12.3. The third kappa shape index (κ3) is 5.19. The van der Waals surface area contributed by atoms with E-state index in [1.54, 1.807) is 18.6 Å². The van der Waals surface area contributed by atoms with Gasteiger partial charge in [0.2, 0.25) is 5.91 Å². The van der Waals surface area contributed by atoms with Gasteiger partial charge in [-0.25, -0.2) is 0 Å². The molecule has 0 radical (unpaired) electrons. The first-order valence-electron chi connectivity index (χ1n) is 8.72. The number of rotatable bonds is 5. The fourth-order valence-electron chi connectivity index (χ4n) is 4.01. The summed E-state index contributed by atoms with van der Waals surface area (Å²) in [6, 6.07) is 5.19. The van der Waals surface area contributed by atoms with Gasteiger partial charge in [0, 0.05) is 37.1 Å². The maximum absolute atomic E-state index is 12.3. The largest absolute Gasteiger partial charge is 0.323 e. The molecule has 2 aliphatic rings. The first-order chi connectivity index (χ1) is 11.7. The number of halogens is 2. The standard InChI is InChI=1S/C18H23N5O.2ClH/c24-18(9-14-7-15-1-2-16(8-14)21-15)22-17-10-20-23(12-17)11-13-3-5-19-6-4-13;;/h3-6,10,12,14-16,21H,1-2,7-9,11H2,(H,22,24);2*1H. The molecular formula is C18H25Cl2N5O. The lowest BCUT2D eigenvalue weighted by Crippen LogP contribution is -2.39. The Bertz CT molecular complexity index is 697. The number of piperidine rings is 1. The molecule has 0 aromatic carbocycles. The molecular weight excluding hydrogens is 373 g/mol. The number of pyridine rings is 1. The van der Waals surface area contributed by atoms with Crippen molar-refractivity contribution >= 4 is 36.4 Å². The second-order valence-corrected chi connectivity index (χ2v) is 7.01. The molecule has 1 amide bonds. The van der Waals surface area contributed by atoms with Crippen LogP contribution in [0.5, 0.6) is 0 Å². The minimum atomic E-state index is 0. The van der Waals surface area contributed by atoms with Crippen LogP contribution in [0.25, 0.3) is 0 Å². The Morgan fingerprint density at radius 1 is 1.19 bits per heavy atom. The van der Waals surface area contributed by atoms with E-state index in [-0.39, 0.29) is 30.7 Å². The van der Waals surface area contributed by atoms with E-state index >= 15 is 0 Å². The Labute approximate surface area is 166 Å². The van der Waals surface area contributed by atoms with E-state index in [9.17, 15) is 4.79 Å². The van der Waals surface area contributed by atoms with E-state index in [1.165, 1.54) is 12.8 Å². The quantitative estimate of drug-likeness (QED) is 0.812. The van der Waals surface area contributed by atoms with Crippen molar-refractivity contribution < 1.29 is 4.79 Å². The molecule has 4 heterocycles. The van der Waals surface area contributed by atoms with Crippen LogP contribution in [0.1, 0.15) is 37.7 Å². The summed E-state index contributed by atoms with van der Waals surface area (Å²) >= 11 is 0. The first kappa shape index (κ1) is 20.7. The molecule has 0 saturated carbocycles. The van der Waals surface area contributed by atoms with Crippen LogP contribution >= 0.6 is 24.8 Å². The predicted octanol–water partition coefficient (Wildman–Crippen LogP) is 3.03. The number of aromatic nitrogens is 3. The van der Waals surface area contributed by atoms with Crippen LogP contribution in [-0.2, 0) is 11.3 Å². The van der Waals surface area contributed by atoms with Gasteiger partial charge in [-0.1, -0.05) is 0 Å². The minimum absolute atomic E-state index is 0. The number of carbonyl (C=O) groups is 1. The van der Waals surface area contributed by atoms with E-state index < -0.39 is 0 Å². The molecule has 0 spiro atoms. The highest BCUT2D eigenvalue weighted by atomic mass is 35.5. The monoisotopic (exact) mass is 397 g/mol. The molecule has 2 atom stereocenters. The Balaban J connectivity index is 0.00000121. The zero-order chi connectivity index (χ0) is 16.4. The van der Waals surface area contributed by atoms with Gasteiger partial charge in [0.05, 0.1) is 18.4 Å². The van der Waals surface area contributed by atoms with Crippen LogP contribution in [0.2, 0.25) is 0 Å². The second-order valence-electron chi connectivity index (χ2n) is 7.01. The number of fused-ring (bicyclic) bond motifs is 2. The first-order valence-corrected chi connectivity index (χ1v) is 8.72. The number of amides is 1. The minimum Gasteiger partial charge on any atom is -0.323 e. The van der Waals surface area contributed by atoms with Crippen LogP contribution in [0.4, 0.5) is 5.69 Å². The molecule has 2 bridgehead atoms. The van der Waals surface area contributed by atoms with Crippen LogP contribution in [-0.4, -0.2) is 32.8 Å². The maximum Gasteiger partial charge on any atom is 0.224 e. The van der Waals surface area contributed by atoms with E-state index in [0.717, 1.165) is 24.1 Å². The highest BCUT2D eigenvalue weighted by molar-refractivity contribution is 5.90. The van der Waals surface area contributed by atoms with Crippen molar-refractivity contribution in [1.29, 1.82) is 0 Å². The topological polar surface area (TPSA) is 71.8 Å². The van der Waals surface area contributed by atoms with E-state index in [0.29, 0.717) is 31.0 Å². The summed E-state index contributed by atoms with van der Waals surface area (Å²) in [7, 11) is 0. The van der Waals surface area contributed by atoms with Gasteiger partial charge in [-0.2, -0.15) is 5.10 Å². The van der Waals surface area contributed by atoms with E-state index in [2.05, 4.69) is 20.7 Å². The zero-order valence-electron chi connectivity index (χ0n) is 14.5. The smallest absolute Gasteiger partial charge is 0.224 e. The van der Waals surface area contributed by atoms with Crippen molar-refractivity contribution in [2.45, 2.75) is 50.7 Å². The molecule has 0 aliphatic carbocycles. The zero-order valence-corrected chi connectivity index (χ0v) is 16.1. The number of hydrogen-bond acceptors (Lipinski definition) is 4. The average Bonchev–Trinajstić information content (AvgIpc) is 3.14. The molecule has 26 heavy (non-hydrogen) atoms.